The highest BCUT2D eigenvalue weighted by molar-refractivity contribution is 7.22. The molecule has 10 heterocycles. The number of aromatic nitrogens is 10. The number of para-hydroxylation sites is 4. The highest BCUT2D eigenvalue weighted by Crippen LogP contribution is 2.46. The van der Waals surface area contributed by atoms with Crippen LogP contribution < -0.4 is 31.3 Å². The summed E-state index contributed by atoms with van der Waals surface area (Å²) in [5.41, 5.74) is 14.7. The van der Waals surface area contributed by atoms with Crippen molar-refractivity contribution in [3.8, 4) is 46.0 Å². The zero-order valence-electron chi connectivity index (χ0n) is 74.9. The van der Waals surface area contributed by atoms with Crippen LogP contribution in [0.4, 0.5) is 26.3 Å². The fourth-order valence-corrected chi connectivity index (χ4v) is 19.5. The molecule has 0 aliphatic heterocycles. The maximum atomic E-state index is 11.1. The average molecular weight is 1910 g/mol. The fraction of sp³-hybridized carbons (Fsp3) is 0.0619. The molecule has 140 heavy (non-hydrogen) atoms. The van der Waals surface area contributed by atoms with Crippen LogP contribution in [0.3, 0.4) is 0 Å². The van der Waals surface area contributed by atoms with E-state index in [0.29, 0.717) is 67.4 Å². The Bertz CT molecular complexity index is 8140. The number of aromatic hydroxyl groups is 7. The van der Waals surface area contributed by atoms with E-state index in [0.717, 1.165) is 113 Å². The number of nitrogens with zero attached hydrogens (tertiary/aromatic N) is 10. The van der Waals surface area contributed by atoms with Gasteiger partial charge in [-0.15, -0.1) is 22.7 Å². The van der Waals surface area contributed by atoms with Crippen LogP contribution in [-0.4, -0.2) is 85.6 Å². The van der Waals surface area contributed by atoms with Crippen LogP contribution in [-0.2, 0) is 6.61 Å². The summed E-state index contributed by atoms with van der Waals surface area (Å²) in [7, 11) is 0. The number of hydrogen-bond donors (Lipinski definition) is 12. The Labute approximate surface area is 820 Å². The van der Waals surface area contributed by atoms with E-state index >= 15 is 0 Å². The Morgan fingerprint density at radius 1 is 0.271 bits per heavy atom. The summed E-state index contributed by atoms with van der Waals surface area (Å²) in [6.45, 7) is 2.47. The molecular formula is C113H89N15O8S4. The second kappa shape index (κ2) is 43.0. The molecule has 0 saturated heterocycles. The molecule has 10 aromatic heterocycles. The van der Waals surface area contributed by atoms with Gasteiger partial charge in [-0.05, 0) is 126 Å². The second-order valence-electron chi connectivity index (χ2n) is 32.4. The first kappa shape index (κ1) is 91.6. The Morgan fingerprint density at radius 2 is 0.621 bits per heavy atom. The maximum absolute atomic E-state index is 11.1. The molecule has 27 heteroatoms. The number of fused-ring (bicyclic) bond motifs is 7. The first-order chi connectivity index (χ1) is 68.7. The van der Waals surface area contributed by atoms with Gasteiger partial charge in [0.2, 0.25) is 0 Å². The zero-order chi connectivity index (χ0) is 95.6. The van der Waals surface area contributed by atoms with E-state index in [9.17, 15) is 35.7 Å². The molecule has 0 aliphatic rings. The molecule has 0 saturated carbocycles. The first-order valence-corrected chi connectivity index (χ1v) is 48.1. The molecule has 0 amide bonds. The number of pyridine rings is 6. The number of thiazole rings is 4. The number of anilines is 5. The third-order valence-electron chi connectivity index (χ3n) is 23.4. The minimum absolute atomic E-state index is 0.0847. The lowest BCUT2D eigenvalue weighted by molar-refractivity contribution is 0.306. The van der Waals surface area contributed by atoms with Crippen LogP contribution in [0, 0.1) is 6.92 Å². The number of nitrogens with one attached hydrogen (secondary N) is 5. The van der Waals surface area contributed by atoms with Gasteiger partial charge in [0.05, 0.1) is 50.6 Å². The van der Waals surface area contributed by atoms with Crippen molar-refractivity contribution in [1.29, 1.82) is 0 Å². The lowest BCUT2D eigenvalue weighted by Gasteiger charge is -2.22. The molecule has 0 spiro atoms. The number of hydrogen-bond acceptors (Lipinski definition) is 27. The van der Waals surface area contributed by atoms with Gasteiger partial charge in [-0.1, -0.05) is 277 Å². The highest BCUT2D eigenvalue weighted by atomic mass is 32.1. The Kier molecular flexibility index (Phi) is 28.2. The van der Waals surface area contributed by atoms with Gasteiger partial charge in [0.25, 0.3) is 0 Å². The SMILES string of the molecule is Cc1ccnc(NC(c2ccccc2O)c2ccc3cccnc3c2O)c1.Oc1c(C(Nc2nc3ccccc3s2)c2ccccc2)ccc2cccnc12.Oc1c(C(Nc2nccs2)c2cccc(OCc3ccccc3)c2)ccc2cccnc12.Oc1c(C(Nc2nccs2)c2ccccc2)ccc2cccnc12.Oc1ccccc1C(Nc1nc2ccccc2s1)c1ccc2cccnc2c1O. The number of phenols is 7. The zero-order valence-corrected chi connectivity index (χ0v) is 78.2. The standard InChI is InChI=1S/C26H21N3O2S.C23H17N3O2S.C23H17N3OS.C22H19N3O2.C19H15N3OS/c30-25-22(12-11-19-9-5-13-27-24(19)25)23(29-26-28-14-15-32-26)20-8-4-10-21(16-20)31-17-18-6-2-1-3-7-18;27-18-9-3-1-7-15(18)21(26-23-25-17-8-2-4-10-19(17)29-23)16-12-11-14-6-5-13-24-20(14)22(16)28;27-22-17(13-12-16-9-6-14-24-21(16)22)20(15-7-2-1-3-8-15)26-23-25-18-10-4-5-11-19(18)28-23;1-14-10-12-23-19(13-14)25-21(16-6-2-3-7-18(16)26)17-9-8-15-5-4-11-24-20(15)22(17)27;23-18-15(9-8-14-7-4-10-20-17(14)18)16(13-5-2-1-3-6-13)22-19-21-11-12-24-19/h1-16,23,30H,17H2,(H,28,29);1-13,21,27-28H,(H,25,26);1-14,20,27H,(H,25,26);2-13,21,26-27H,1H3,(H,23,25);1-12,16,23H,(H,21,22). The molecule has 5 atom stereocenters. The van der Waals surface area contributed by atoms with Crippen LogP contribution in [0.15, 0.2) is 406 Å². The highest BCUT2D eigenvalue weighted by Gasteiger charge is 2.29. The van der Waals surface area contributed by atoms with E-state index in [1.807, 2.05) is 333 Å². The van der Waals surface area contributed by atoms with Crippen LogP contribution in [0.1, 0.15) is 97.0 Å². The summed E-state index contributed by atoms with van der Waals surface area (Å²) < 4.78 is 8.23. The van der Waals surface area contributed by atoms with Crippen LogP contribution in [0.5, 0.6) is 46.0 Å². The van der Waals surface area contributed by atoms with Crippen LogP contribution in [0.25, 0.3) is 74.9 Å². The van der Waals surface area contributed by atoms with E-state index in [2.05, 4.69) is 77.5 Å². The van der Waals surface area contributed by atoms with Crippen molar-refractivity contribution >= 4 is 147 Å². The second-order valence-corrected chi connectivity index (χ2v) is 36.3. The number of aryl methyl sites for hydroxylation is 1. The van der Waals surface area contributed by atoms with Crippen LogP contribution in [0.2, 0.25) is 0 Å². The normalized spacial score (nSPS) is 12.1. The van der Waals surface area contributed by atoms with E-state index in [-0.39, 0.29) is 58.4 Å². The van der Waals surface area contributed by atoms with Gasteiger partial charge < -0.3 is 67.1 Å². The number of ether oxygens (including phenoxy) is 1. The molecule has 5 unspecified atom stereocenters. The lowest BCUT2D eigenvalue weighted by Crippen LogP contribution is -2.14. The molecule has 23 nitrogen and oxygen atoms in total. The van der Waals surface area contributed by atoms with Gasteiger partial charge in [0, 0.05) is 126 Å². The minimum atomic E-state index is -0.497. The molecular weight excluding hydrogens is 1820 g/mol. The van der Waals surface area contributed by atoms with Crippen molar-refractivity contribution in [2.24, 2.45) is 0 Å². The fourth-order valence-electron chi connectivity index (χ4n) is 16.6. The van der Waals surface area contributed by atoms with Crippen molar-refractivity contribution < 1.29 is 40.5 Å². The molecule has 23 aromatic rings. The molecule has 0 fully saturated rings. The van der Waals surface area contributed by atoms with Crippen molar-refractivity contribution in [2.45, 2.75) is 43.7 Å². The summed E-state index contributed by atoms with van der Waals surface area (Å²) in [5.74, 6) is 2.43. The van der Waals surface area contributed by atoms with E-state index < -0.39 is 12.1 Å². The van der Waals surface area contributed by atoms with Gasteiger partial charge in [-0.25, -0.2) is 24.9 Å². The van der Waals surface area contributed by atoms with Crippen molar-refractivity contribution in [3.05, 3.63) is 473 Å². The first-order valence-electron chi connectivity index (χ1n) is 44.7. The van der Waals surface area contributed by atoms with Gasteiger partial charge in [-0.2, -0.15) is 0 Å². The molecule has 23 rings (SSSR count). The monoisotopic (exact) mass is 1910 g/mol. The molecule has 12 N–H and O–H groups in total. The predicted molar refractivity (Wildman–Crippen MR) is 563 cm³/mol. The van der Waals surface area contributed by atoms with Gasteiger partial charge in [-0.3, -0.25) is 24.9 Å². The lowest BCUT2D eigenvalue weighted by atomic mass is 9.95. The molecule has 0 radical (unpaired) electrons. The quantitative estimate of drug-likeness (QED) is 0.0283. The van der Waals surface area contributed by atoms with Crippen molar-refractivity contribution in [3.63, 3.8) is 0 Å². The largest absolute Gasteiger partial charge is 0.508 e. The summed E-state index contributed by atoms with van der Waals surface area (Å²) in [5, 5.41) is 104. The number of rotatable bonds is 23. The van der Waals surface area contributed by atoms with Gasteiger partial charge in [0.1, 0.15) is 86.0 Å². The smallest absolute Gasteiger partial charge is 0.184 e. The topological polar surface area (TPSA) is 340 Å². The summed E-state index contributed by atoms with van der Waals surface area (Å²) >= 11 is 6.18. The Hall–Kier alpha value is -17.5. The average Bonchev–Trinajstić information content (AvgIpc) is 1.12. The predicted octanol–water partition coefficient (Wildman–Crippen LogP) is 26.5. The summed E-state index contributed by atoms with van der Waals surface area (Å²) in [6.07, 6.45) is 13.6. The molecule has 0 bridgehead atoms. The summed E-state index contributed by atoms with van der Waals surface area (Å²) in [4.78, 5) is 44.1. The summed E-state index contributed by atoms with van der Waals surface area (Å²) in [6, 6.07) is 109. The molecule has 13 aromatic carbocycles. The Morgan fingerprint density at radius 3 is 1.01 bits per heavy atom. The molecule has 0 aliphatic carbocycles. The number of benzene rings is 13. The van der Waals surface area contributed by atoms with Gasteiger partial charge in [0.15, 0.2) is 20.5 Å². The van der Waals surface area contributed by atoms with Crippen LogP contribution >= 0.6 is 45.3 Å². The van der Waals surface area contributed by atoms with E-state index in [1.165, 1.54) is 34.0 Å². The minimum Gasteiger partial charge on any atom is -0.508 e. The van der Waals surface area contributed by atoms with E-state index in [4.69, 9.17) is 9.72 Å². The van der Waals surface area contributed by atoms with Crippen molar-refractivity contribution in [1.82, 2.24) is 49.8 Å². The van der Waals surface area contributed by atoms with Crippen molar-refractivity contribution in [2.75, 3.05) is 26.6 Å². The third kappa shape index (κ3) is 21.1. The maximum Gasteiger partial charge on any atom is 0.184 e. The van der Waals surface area contributed by atoms with E-state index in [1.54, 1.807) is 85.2 Å². The Balaban J connectivity index is 0.000000112. The molecule has 688 valence electrons. The third-order valence-corrected chi connectivity index (χ3v) is 26.7. The van der Waals surface area contributed by atoms with Gasteiger partial charge >= 0.3 is 0 Å². The number of phenolic OH excluding ortho intramolecular Hbond substituents is 7.